The fourth-order valence-corrected chi connectivity index (χ4v) is 2.50. The third-order valence-corrected chi connectivity index (χ3v) is 3.16. The molecule has 88 valence electrons. The van der Waals surface area contributed by atoms with Crippen molar-refractivity contribution in [3.63, 3.8) is 0 Å². The molecule has 0 aromatic carbocycles. The molecule has 1 unspecified atom stereocenters. The maximum atomic E-state index is 10.7. The molecule has 0 saturated carbocycles. The highest BCUT2D eigenvalue weighted by atomic mass is 16.4. The van der Waals surface area contributed by atoms with Gasteiger partial charge >= 0.3 is 5.97 Å². The van der Waals surface area contributed by atoms with Gasteiger partial charge in [-0.25, -0.2) is 0 Å². The number of aryl methyl sites for hydroxylation is 2. The first-order valence-corrected chi connectivity index (χ1v) is 5.68. The van der Waals surface area contributed by atoms with E-state index in [9.17, 15) is 4.79 Å². The van der Waals surface area contributed by atoms with E-state index in [0.29, 0.717) is 0 Å². The fourth-order valence-electron chi connectivity index (χ4n) is 2.50. The molecule has 0 fully saturated rings. The molecule has 1 aromatic heterocycles. The summed E-state index contributed by atoms with van der Waals surface area (Å²) in [7, 11) is 0. The second-order valence-electron chi connectivity index (χ2n) is 4.39. The second kappa shape index (κ2) is 4.29. The highest BCUT2D eigenvalue weighted by Gasteiger charge is 2.25. The van der Waals surface area contributed by atoms with Gasteiger partial charge in [-0.05, 0) is 31.7 Å². The molecule has 1 aliphatic carbocycles. The Labute approximate surface area is 94.4 Å². The predicted octanol–water partition coefficient (Wildman–Crippen LogP) is 1.94. The number of carbonyl (C=O) groups is 1. The molecule has 0 aliphatic heterocycles. The van der Waals surface area contributed by atoms with Crippen LogP contribution in [0.3, 0.4) is 0 Å². The first kappa shape index (κ1) is 11.2. The van der Waals surface area contributed by atoms with Gasteiger partial charge in [0.15, 0.2) is 0 Å². The summed E-state index contributed by atoms with van der Waals surface area (Å²) in [6, 6.07) is -0.442. The third kappa shape index (κ3) is 1.97. The standard InChI is InChI=1S/C12H17NO3/c1-7-12(9(13)6-11(14)15)8-4-2-3-5-10(8)16-7/h9H,2-6,13H2,1H3,(H,14,15). The number of fused-ring (bicyclic) bond motifs is 1. The molecule has 0 saturated heterocycles. The lowest BCUT2D eigenvalue weighted by molar-refractivity contribution is -0.137. The van der Waals surface area contributed by atoms with Gasteiger partial charge in [0.2, 0.25) is 0 Å². The summed E-state index contributed by atoms with van der Waals surface area (Å²) in [5, 5.41) is 8.77. The first-order valence-electron chi connectivity index (χ1n) is 5.68. The topological polar surface area (TPSA) is 76.5 Å². The largest absolute Gasteiger partial charge is 0.481 e. The lowest BCUT2D eigenvalue weighted by Crippen LogP contribution is -2.17. The molecule has 1 aromatic rings. The summed E-state index contributed by atoms with van der Waals surface area (Å²) < 4.78 is 5.67. The van der Waals surface area contributed by atoms with Crippen molar-refractivity contribution in [2.75, 3.05) is 0 Å². The van der Waals surface area contributed by atoms with E-state index < -0.39 is 12.0 Å². The van der Waals surface area contributed by atoms with Crippen molar-refractivity contribution >= 4 is 5.97 Å². The number of carboxylic acids is 1. The highest BCUT2D eigenvalue weighted by Crippen LogP contribution is 2.33. The Hall–Kier alpha value is -1.29. The average Bonchev–Trinajstić information content (AvgIpc) is 2.52. The van der Waals surface area contributed by atoms with Gasteiger partial charge in [-0.2, -0.15) is 0 Å². The molecule has 0 radical (unpaired) electrons. The normalized spacial score (nSPS) is 16.9. The SMILES string of the molecule is Cc1oc2c(c1C(N)CC(=O)O)CCCC2. The van der Waals surface area contributed by atoms with Gasteiger partial charge in [0.25, 0.3) is 0 Å². The van der Waals surface area contributed by atoms with Crippen LogP contribution < -0.4 is 5.73 Å². The Morgan fingerprint density at radius 3 is 2.88 bits per heavy atom. The summed E-state index contributed by atoms with van der Waals surface area (Å²) in [5.41, 5.74) is 8.02. The van der Waals surface area contributed by atoms with E-state index >= 15 is 0 Å². The molecule has 0 amide bonds. The van der Waals surface area contributed by atoms with Crippen LogP contribution >= 0.6 is 0 Å². The molecule has 1 atom stereocenters. The van der Waals surface area contributed by atoms with Crippen LogP contribution in [0.1, 0.15) is 48.0 Å². The number of aliphatic carboxylic acids is 1. The Kier molecular flexibility index (Phi) is 3.01. The van der Waals surface area contributed by atoms with Crippen molar-refractivity contribution in [1.29, 1.82) is 0 Å². The van der Waals surface area contributed by atoms with Crippen molar-refractivity contribution in [2.24, 2.45) is 5.73 Å². The quantitative estimate of drug-likeness (QED) is 0.821. The number of hydrogen-bond donors (Lipinski definition) is 2. The number of rotatable bonds is 3. The van der Waals surface area contributed by atoms with Crippen LogP contribution in [0.15, 0.2) is 4.42 Å². The van der Waals surface area contributed by atoms with E-state index in [0.717, 1.165) is 48.3 Å². The van der Waals surface area contributed by atoms with Crippen LogP contribution in [0, 0.1) is 6.92 Å². The Morgan fingerprint density at radius 1 is 1.50 bits per heavy atom. The molecular formula is C12H17NO3. The molecule has 4 nitrogen and oxygen atoms in total. The summed E-state index contributed by atoms with van der Waals surface area (Å²) in [5.74, 6) is 0.942. The van der Waals surface area contributed by atoms with Crippen LogP contribution in [-0.2, 0) is 17.6 Å². The Morgan fingerprint density at radius 2 is 2.19 bits per heavy atom. The maximum Gasteiger partial charge on any atom is 0.305 e. The zero-order chi connectivity index (χ0) is 11.7. The minimum atomic E-state index is -0.863. The van der Waals surface area contributed by atoms with Gasteiger partial charge in [0.1, 0.15) is 11.5 Å². The van der Waals surface area contributed by atoms with E-state index in [2.05, 4.69) is 0 Å². The Bertz CT molecular complexity index is 409. The monoisotopic (exact) mass is 223 g/mol. The van der Waals surface area contributed by atoms with Crippen LogP contribution in [-0.4, -0.2) is 11.1 Å². The summed E-state index contributed by atoms with van der Waals surface area (Å²) in [6.07, 6.45) is 4.17. The number of nitrogens with two attached hydrogens (primary N) is 1. The third-order valence-electron chi connectivity index (χ3n) is 3.16. The zero-order valence-electron chi connectivity index (χ0n) is 9.45. The van der Waals surface area contributed by atoms with E-state index in [1.807, 2.05) is 6.92 Å². The molecule has 1 heterocycles. The first-order chi connectivity index (χ1) is 7.59. The van der Waals surface area contributed by atoms with Gasteiger partial charge in [-0.3, -0.25) is 4.79 Å². The zero-order valence-corrected chi connectivity index (χ0v) is 9.45. The lowest BCUT2D eigenvalue weighted by Gasteiger charge is -2.14. The molecular weight excluding hydrogens is 206 g/mol. The van der Waals surface area contributed by atoms with Crippen LogP contribution in [0.2, 0.25) is 0 Å². The van der Waals surface area contributed by atoms with Gasteiger partial charge in [0.05, 0.1) is 6.42 Å². The minimum Gasteiger partial charge on any atom is -0.481 e. The van der Waals surface area contributed by atoms with Crippen molar-refractivity contribution in [3.05, 3.63) is 22.6 Å². The molecule has 16 heavy (non-hydrogen) atoms. The van der Waals surface area contributed by atoms with Gasteiger partial charge in [0, 0.05) is 18.0 Å². The summed E-state index contributed by atoms with van der Waals surface area (Å²) in [4.78, 5) is 10.7. The van der Waals surface area contributed by atoms with Crippen molar-refractivity contribution < 1.29 is 14.3 Å². The molecule has 3 N–H and O–H groups in total. The van der Waals surface area contributed by atoms with Gasteiger partial charge in [-0.15, -0.1) is 0 Å². The van der Waals surface area contributed by atoms with E-state index in [1.54, 1.807) is 0 Å². The second-order valence-corrected chi connectivity index (χ2v) is 4.39. The van der Waals surface area contributed by atoms with Crippen molar-refractivity contribution in [3.8, 4) is 0 Å². The van der Waals surface area contributed by atoms with E-state index in [-0.39, 0.29) is 6.42 Å². The van der Waals surface area contributed by atoms with Crippen LogP contribution in [0.5, 0.6) is 0 Å². The predicted molar refractivity (Wildman–Crippen MR) is 59.3 cm³/mol. The van der Waals surface area contributed by atoms with Crippen molar-refractivity contribution in [1.82, 2.24) is 0 Å². The van der Waals surface area contributed by atoms with Gasteiger partial charge < -0.3 is 15.3 Å². The average molecular weight is 223 g/mol. The summed E-state index contributed by atoms with van der Waals surface area (Å²) >= 11 is 0. The Balaban J connectivity index is 2.32. The van der Waals surface area contributed by atoms with Gasteiger partial charge in [-0.1, -0.05) is 0 Å². The molecule has 2 rings (SSSR count). The molecule has 4 heteroatoms. The van der Waals surface area contributed by atoms with Crippen molar-refractivity contribution in [2.45, 2.75) is 45.1 Å². The molecule has 0 bridgehead atoms. The highest BCUT2D eigenvalue weighted by molar-refractivity contribution is 5.68. The fraction of sp³-hybridized carbons (Fsp3) is 0.583. The van der Waals surface area contributed by atoms with Crippen LogP contribution in [0.4, 0.5) is 0 Å². The lowest BCUT2D eigenvalue weighted by atomic mass is 9.91. The maximum absolute atomic E-state index is 10.7. The van der Waals surface area contributed by atoms with Crippen LogP contribution in [0.25, 0.3) is 0 Å². The van der Waals surface area contributed by atoms with E-state index in [1.165, 1.54) is 0 Å². The molecule has 0 spiro atoms. The number of hydrogen-bond acceptors (Lipinski definition) is 3. The summed E-state index contributed by atoms with van der Waals surface area (Å²) in [6.45, 7) is 1.87. The minimum absolute atomic E-state index is 0.0349. The number of carboxylic acid groups (broad SMARTS) is 1. The number of furan rings is 1. The molecule has 1 aliphatic rings. The smallest absolute Gasteiger partial charge is 0.305 e. The van der Waals surface area contributed by atoms with E-state index in [4.69, 9.17) is 15.3 Å².